The standard InChI is InChI=1S/C13H16N2O2/c1-13(17,9-16)8-15-12-6-7-14-11-5-3-2-4-10(11)12/h2-7,16-17H,8-9H2,1H3,(H,14,15). The van der Waals surface area contributed by atoms with Gasteiger partial charge in [-0.3, -0.25) is 4.98 Å². The van der Waals surface area contributed by atoms with E-state index in [0.717, 1.165) is 16.6 Å². The number of pyridine rings is 1. The largest absolute Gasteiger partial charge is 0.393 e. The molecule has 0 radical (unpaired) electrons. The molecule has 0 fully saturated rings. The zero-order valence-electron chi connectivity index (χ0n) is 9.72. The summed E-state index contributed by atoms with van der Waals surface area (Å²) in [4.78, 5) is 4.25. The monoisotopic (exact) mass is 232 g/mol. The highest BCUT2D eigenvalue weighted by Crippen LogP contribution is 2.21. The van der Waals surface area contributed by atoms with Crippen LogP contribution in [0.2, 0.25) is 0 Å². The van der Waals surface area contributed by atoms with E-state index in [0.29, 0.717) is 0 Å². The van der Waals surface area contributed by atoms with Crippen LogP contribution in [0.5, 0.6) is 0 Å². The first-order valence-electron chi connectivity index (χ1n) is 5.53. The number of fused-ring (bicyclic) bond motifs is 1. The van der Waals surface area contributed by atoms with Crippen LogP contribution in [-0.2, 0) is 0 Å². The van der Waals surface area contributed by atoms with Crippen molar-refractivity contribution >= 4 is 16.6 Å². The van der Waals surface area contributed by atoms with Crippen LogP contribution in [0.4, 0.5) is 5.69 Å². The Morgan fingerprint density at radius 1 is 1.29 bits per heavy atom. The molecule has 3 N–H and O–H groups in total. The average molecular weight is 232 g/mol. The second kappa shape index (κ2) is 4.69. The topological polar surface area (TPSA) is 65.4 Å². The van der Waals surface area contributed by atoms with Crippen LogP contribution in [0.3, 0.4) is 0 Å². The van der Waals surface area contributed by atoms with Crippen molar-refractivity contribution in [1.29, 1.82) is 0 Å². The van der Waals surface area contributed by atoms with E-state index < -0.39 is 5.60 Å². The quantitative estimate of drug-likeness (QED) is 0.745. The summed E-state index contributed by atoms with van der Waals surface area (Å²) >= 11 is 0. The van der Waals surface area contributed by atoms with E-state index in [-0.39, 0.29) is 13.2 Å². The summed E-state index contributed by atoms with van der Waals surface area (Å²) in [5.41, 5.74) is 0.690. The zero-order valence-corrected chi connectivity index (χ0v) is 9.72. The molecule has 0 saturated heterocycles. The van der Waals surface area contributed by atoms with Crippen LogP contribution in [0.15, 0.2) is 36.5 Å². The third-order valence-electron chi connectivity index (χ3n) is 2.65. The number of aliphatic hydroxyl groups is 2. The summed E-state index contributed by atoms with van der Waals surface area (Å²) in [6, 6.07) is 9.64. The molecule has 1 heterocycles. The van der Waals surface area contributed by atoms with Crippen LogP contribution >= 0.6 is 0 Å². The van der Waals surface area contributed by atoms with Gasteiger partial charge in [0, 0.05) is 23.8 Å². The Labute approximate surface area is 99.9 Å². The Kier molecular flexibility index (Phi) is 3.26. The first-order chi connectivity index (χ1) is 8.12. The summed E-state index contributed by atoms with van der Waals surface area (Å²) in [6.45, 7) is 1.60. The molecule has 1 unspecified atom stereocenters. The van der Waals surface area contributed by atoms with Crippen molar-refractivity contribution in [2.45, 2.75) is 12.5 Å². The van der Waals surface area contributed by atoms with Crippen LogP contribution in [0.1, 0.15) is 6.92 Å². The van der Waals surface area contributed by atoms with Crippen molar-refractivity contribution in [2.75, 3.05) is 18.5 Å². The van der Waals surface area contributed by atoms with Crippen LogP contribution in [0, 0.1) is 0 Å². The number of nitrogens with one attached hydrogen (secondary N) is 1. The molecule has 0 aliphatic carbocycles. The van der Waals surface area contributed by atoms with Crippen LogP contribution in [-0.4, -0.2) is 33.9 Å². The molecule has 1 aromatic heterocycles. The zero-order chi connectivity index (χ0) is 12.3. The molecule has 2 rings (SSSR count). The molecule has 4 nitrogen and oxygen atoms in total. The number of nitrogens with zero attached hydrogens (tertiary/aromatic N) is 1. The van der Waals surface area contributed by atoms with Crippen LogP contribution < -0.4 is 5.32 Å². The van der Waals surface area contributed by atoms with Gasteiger partial charge < -0.3 is 15.5 Å². The summed E-state index contributed by atoms with van der Waals surface area (Å²) in [5.74, 6) is 0. The van der Waals surface area contributed by atoms with Gasteiger partial charge >= 0.3 is 0 Å². The average Bonchev–Trinajstić information content (AvgIpc) is 2.36. The van der Waals surface area contributed by atoms with Gasteiger partial charge in [-0.25, -0.2) is 0 Å². The number of hydrogen-bond acceptors (Lipinski definition) is 4. The SMILES string of the molecule is CC(O)(CO)CNc1ccnc2ccccc12. The predicted molar refractivity (Wildman–Crippen MR) is 67.9 cm³/mol. The number of para-hydroxylation sites is 1. The van der Waals surface area contributed by atoms with E-state index in [1.807, 2.05) is 30.3 Å². The summed E-state index contributed by atoms with van der Waals surface area (Å²) in [5, 5.41) is 22.8. The fourth-order valence-electron chi connectivity index (χ4n) is 1.59. The predicted octanol–water partition coefficient (Wildman–Crippen LogP) is 1.39. The van der Waals surface area contributed by atoms with Gasteiger partial charge in [0.1, 0.15) is 5.60 Å². The molecule has 0 bridgehead atoms. The van der Waals surface area contributed by atoms with Gasteiger partial charge in [0.15, 0.2) is 0 Å². The molecule has 0 aliphatic rings. The van der Waals surface area contributed by atoms with E-state index in [2.05, 4.69) is 10.3 Å². The van der Waals surface area contributed by atoms with E-state index in [4.69, 9.17) is 5.11 Å². The van der Waals surface area contributed by atoms with Crippen LogP contribution in [0.25, 0.3) is 10.9 Å². The van der Waals surface area contributed by atoms with Crippen molar-refractivity contribution in [2.24, 2.45) is 0 Å². The minimum absolute atomic E-state index is 0.275. The van der Waals surface area contributed by atoms with Gasteiger partial charge in [-0.15, -0.1) is 0 Å². The molecule has 0 spiro atoms. The lowest BCUT2D eigenvalue weighted by molar-refractivity contribution is 0.0132. The fraction of sp³-hybridized carbons (Fsp3) is 0.308. The van der Waals surface area contributed by atoms with E-state index >= 15 is 0 Å². The molecular weight excluding hydrogens is 216 g/mol. The molecule has 90 valence electrons. The van der Waals surface area contributed by atoms with Crippen molar-refractivity contribution in [3.05, 3.63) is 36.5 Å². The molecule has 0 aliphatic heterocycles. The molecule has 4 heteroatoms. The lowest BCUT2D eigenvalue weighted by atomic mass is 10.1. The van der Waals surface area contributed by atoms with Gasteiger partial charge in [-0.05, 0) is 19.1 Å². The third-order valence-corrected chi connectivity index (χ3v) is 2.65. The molecule has 0 amide bonds. The number of hydrogen-bond donors (Lipinski definition) is 3. The highest BCUT2D eigenvalue weighted by Gasteiger charge is 2.18. The Morgan fingerprint density at radius 2 is 2.06 bits per heavy atom. The molecule has 0 saturated carbocycles. The van der Waals surface area contributed by atoms with Gasteiger partial charge in [0.2, 0.25) is 0 Å². The van der Waals surface area contributed by atoms with Gasteiger partial charge in [0.05, 0.1) is 12.1 Å². The summed E-state index contributed by atoms with van der Waals surface area (Å²) < 4.78 is 0. The number of anilines is 1. The first kappa shape index (κ1) is 11.8. The second-order valence-corrected chi connectivity index (χ2v) is 4.38. The molecule has 2 aromatic rings. The number of rotatable bonds is 4. The molecule has 1 atom stereocenters. The highest BCUT2D eigenvalue weighted by molar-refractivity contribution is 5.90. The number of benzene rings is 1. The smallest absolute Gasteiger partial charge is 0.102 e. The molecule has 17 heavy (non-hydrogen) atoms. The first-order valence-corrected chi connectivity index (χ1v) is 5.53. The fourth-order valence-corrected chi connectivity index (χ4v) is 1.59. The third kappa shape index (κ3) is 2.72. The Hall–Kier alpha value is -1.65. The van der Waals surface area contributed by atoms with Gasteiger partial charge in [0.25, 0.3) is 0 Å². The maximum Gasteiger partial charge on any atom is 0.102 e. The van der Waals surface area contributed by atoms with Gasteiger partial charge in [-0.2, -0.15) is 0 Å². The van der Waals surface area contributed by atoms with Crippen molar-refractivity contribution in [3.63, 3.8) is 0 Å². The van der Waals surface area contributed by atoms with Crippen molar-refractivity contribution in [3.8, 4) is 0 Å². The van der Waals surface area contributed by atoms with Crippen molar-refractivity contribution < 1.29 is 10.2 Å². The summed E-state index contributed by atoms with van der Waals surface area (Å²) in [6.07, 6.45) is 1.72. The van der Waals surface area contributed by atoms with E-state index in [1.54, 1.807) is 13.1 Å². The highest BCUT2D eigenvalue weighted by atomic mass is 16.3. The second-order valence-electron chi connectivity index (χ2n) is 4.38. The Bertz CT molecular complexity index is 506. The minimum Gasteiger partial charge on any atom is -0.393 e. The minimum atomic E-state index is -1.12. The Morgan fingerprint density at radius 3 is 2.82 bits per heavy atom. The molecular formula is C13H16N2O2. The normalized spacial score (nSPS) is 14.5. The van der Waals surface area contributed by atoms with Crippen molar-refractivity contribution in [1.82, 2.24) is 4.98 Å². The Balaban J connectivity index is 2.24. The maximum atomic E-state index is 9.73. The number of aromatic nitrogens is 1. The van der Waals surface area contributed by atoms with E-state index in [9.17, 15) is 5.11 Å². The van der Waals surface area contributed by atoms with E-state index in [1.165, 1.54) is 0 Å². The summed E-state index contributed by atoms with van der Waals surface area (Å²) in [7, 11) is 0. The molecule has 1 aromatic carbocycles. The van der Waals surface area contributed by atoms with Gasteiger partial charge in [-0.1, -0.05) is 18.2 Å². The lowest BCUT2D eigenvalue weighted by Gasteiger charge is -2.21. The number of aliphatic hydroxyl groups excluding tert-OH is 1. The lowest BCUT2D eigenvalue weighted by Crippen LogP contribution is -2.37. The maximum absolute atomic E-state index is 9.73.